The van der Waals surface area contributed by atoms with E-state index in [1.165, 1.54) is 7.11 Å². The van der Waals surface area contributed by atoms with Crippen LogP contribution < -0.4 is 0 Å². The predicted octanol–water partition coefficient (Wildman–Crippen LogP) is 1.32. The molecule has 22 heavy (non-hydrogen) atoms. The maximum atomic E-state index is 10.8. The summed E-state index contributed by atoms with van der Waals surface area (Å²) in [5, 5.41) is 3.34. The largest absolute Gasteiger partial charge is 0.469 e. The fourth-order valence-corrected chi connectivity index (χ4v) is 1.33. The fourth-order valence-electron chi connectivity index (χ4n) is 1.33. The van der Waals surface area contributed by atoms with Gasteiger partial charge in [-0.1, -0.05) is 5.11 Å². The van der Waals surface area contributed by atoms with Crippen LogP contribution in [0.1, 0.15) is 12.8 Å². The van der Waals surface area contributed by atoms with Gasteiger partial charge in [0.25, 0.3) is 0 Å². The Morgan fingerprint density at radius 3 is 1.91 bits per heavy atom. The van der Waals surface area contributed by atoms with Gasteiger partial charge in [0.2, 0.25) is 0 Å². The number of carbonyl (C=O) groups excluding carboxylic acids is 1. The van der Waals surface area contributed by atoms with Gasteiger partial charge in [-0.3, -0.25) is 4.79 Å². The van der Waals surface area contributed by atoms with Crippen LogP contribution in [0.3, 0.4) is 0 Å². The van der Waals surface area contributed by atoms with Crippen LogP contribution in [0, 0.1) is 0 Å². The van der Waals surface area contributed by atoms with E-state index in [1.54, 1.807) is 0 Å². The Labute approximate surface area is 130 Å². The van der Waals surface area contributed by atoms with Crippen LogP contribution in [0.4, 0.5) is 0 Å². The maximum Gasteiger partial charge on any atom is 0.305 e. The first-order chi connectivity index (χ1) is 10.8. The highest BCUT2D eigenvalue weighted by atomic mass is 16.6. The lowest BCUT2D eigenvalue weighted by Crippen LogP contribution is -2.12. The minimum absolute atomic E-state index is 0.223. The summed E-state index contributed by atoms with van der Waals surface area (Å²) < 4.78 is 25.5. The van der Waals surface area contributed by atoms with Gasteiger partial charge in [0.05, 0.1) is 53.4 Å². The minimum atomic E-state index is -0.223. The van der Waals surface area contributed by atoms with Crippen molar-refractivity contribution < 1.29 is 28.5 Å². The number of hydrogen-bond acceptors (Lipinski definition) is 7. The first-order valence-corrected chi connectivity index (χ1v) is 7.20. The standard InChI is InChI=1S/C13H25N3O6/c1-18-13(17)3-2-5-19-7-9-21-11-12-22-10-8-20-6-4-15-16-14/h2-12H2,1H3. The minimum Gasteiger partial charge on any atom is -0.469 e. The molecule has 0 rings (SSSR count). The number of methoxy groups -OCH3 is 1. The molecule has 0 unspecified atom stereocenters. The van der Waals surface area contributed by atoms with Gasteiger partial charge in [-0.15, -0.1) is 0 Å². The van der Waals surface area contributed by atoms with E-state index in [-0.39, 0.29) is 5.97 Å². The van der Waals surface area contributed by atoms with Crippen molar-refractivity contribution in [3.63, 3.8) is 0 Å². The molecule has 128 valence electrons. The zero-order chi connectivity index (χ0) is 16.3. The van der Waals surface area contributed by atoms with Gasteiger partial charge in [0.1, 0.15) is 0 Å². The summed E-state index contributed by atoms with van der Waals surface area (Å²) in [5.41, 5.74) is 8.04. The summed E-state index contributed by atoms with van der Waals surface area (Å²) >= 11 is 0. The second-order valence-corrected chi connectivity index (χ2v) is 4.08. The molecule has 0 aromatic carbocycles. The second-order valence-electron chi connectivity index (χ2n) is 4.08. The molecular formula is C13H25N3O6. The fraction of sp³-hybridized carbons (Fsp3) is 0.923. The number of azide groups is 1. The van der Waals surface area contributed by atoms with E-state index in [2.05, 4.69) is 14.8 Å². The maximum absolute atomic E-state index is 10.8. The number of carbonyl (C=O) groups is 1. The van der Waals surface area contributed by atoms with Crippen LogP contribution >= 0.6 is 0 Å². The molecule has 9 nitrogen and oxygen atoms in total. The molecule has 0 atom stereocenters. The van der Waals surface area contributed by atoms with Crippen molar-refractivity contribution >= 4 is 5.97 Å². The number of rotatable bonds is 16. The summed E-state index contributed by atoms with van der Waals surface area (Å²) in [6.45, 7) is 4.15. The van der Waals surface area contributed by atoms with Gasteiger partial charge in [-0.2, -0.15) is 0 Å². The monoisotopic (exact) mass is 319 g/mol. The van der Waals surface area contributed by atoms with Crippen molar-refractivity contribution in [2.24, 2.45) is 5.11 Å². The molecule has 0 bridgehead atoms. The smallest absolute Gasteiger partial charge is 0.305 e. The zero-order valence-corrected chi connectivity index (χ0v) is 13.1. The van der Waals surface area contributed by atoms with E-state index >= 15 is 0 Å². The summed E-state index contributed by atoms with van der Waals surface area (Å²) in [6, 6.07) is 0. The molecule has 0 amide bonds. The highest BCUT2D eigenvalue weighted by Gasteiger charge is 1.99. The second kappa shape index (κ2) is 17.7. The van der Waals surface area contributed by atoms with Crippen molar-refractivity contribution in [2.45, 2.75) is 12.8 Å². The van der Waals surface area contributed by atoms with E-state index in [0.717, 1.165) is 0 Å². The van der Waals surface area contributed by atoms with Crippen molar-refractivity contribution in [3.05, 3.63) is 10.4 Å². The lowest BCUT2D eigenvalue weighted by atomic mass is 10.3. The number of esters is 1. The van der Waals surface area contributed by atoms with Crippen LogP contribution in [0.5, 0.6) is 0 Å². The molecule has 0 saturated heterocycles. The Bertz CT molecular complexity index is 310. The van der Waals surface area contributed by atoms with E-state index in [0.29, 0.717) is 72.2 Å². The SMILES string of the molecule is COC(=O)CCCOCCOCCOCCOCCN=[N+]=[N-]. The Kier molecular flexibility index (Phi) is 16.6. The lowest BCUT2D eigenvalue weighted by molar-refractivity contribution is -0.141. The number of hydrogen-bond donors (Lipinski definition) is 0. The van der Waals surface area contributed by atoms with Crippen LogP contribution in [-0.2, 0) is 28.5 Å². The molecule has 0 aliphatic heterocycles. The summed E-state index contributed by atoms with van der Waals surface area (Å²) in [6.07, 6.45) is 1.02. The third kappa shape index (κ3) is 16.7. The molecule has 0 aliphatic carbocycles. The third-order valence-electron chi connectivity index (χ3n) is 2.41. The summed E-state index contributed by atoms with van der Waals surface area (Å²) in [5.74, 6) is -0.223. The van der Waals surface area contributed by atoms with E-state index in [9.17, 15) is 4.79 Å². The predicted molar refractivity (Wildman–Crippen MR) is 78.5 cm³/mol. The number of ether oxygens (including phenoxy) is 5. The molecule has 0 aromatic rings. The van der Waals surface area contributed by atoms with Gasteiger partial charge in [-0.05, 0) is 12.0 Å². The van der Waals surface area contributed by atoms with Gasteiger partial charge in [-0.25, -0.2) is 0 Å². The van der Waals surface area contributed by atoms with Crippen molar-refractivity contribution in [1.29, 1.82) is 0 Å². The molecule has 0 aliphatic rings. The van der Waals surface area contributed by atoms with Crippen LogP contribution in [0.2, 0.25) is 0 Å². The zero-order valence-electron chi connectivity index (χ0n) is 13.1. The van der Waals surface area contributed by atoms with Crippen molar-refractivity contribution in [2.75, 3.05) is 66.5 Å². The Balaban J connectivity index is 3.02. The van der Waals surface area contributed by atoms with E-state index < -0.39 is 0 Å². The van der Waals surface area contributed by atoms with Gasteiger partial charge in [0, 0.05) is 24.5 Å². The third-order valence-corrected chi connectivity index (χ3v) is 2.41. The normalized spacial score (nSPS) is 10.2. The van der Waals surface area contributed by atoms with Crippen molar-refractivity contribution in [1.82, 2.24) is 0 Å². The Hall–Kier alpha value is -1.38. The molecule has 0 saturated carbocycles. The molecule has 0 fully saturated rings. The average molecular weight is 319 g/mol. The molecule has 0 heterocycles. The highest BCUT2D eigenvalue weighted by molar-refractivity contribution is 5.68. The molecular weight excluding hydrogens is 294 g/mol. The number of nitrogens with zero attached hydrogens (tertiary/aromatic N) is 3. The average Bonchev–Trinajstić information content (AvgIpc) is 2.54. The Morgan fingerprint density at radius 1 is 0.909 bits per heavy atom. The van der Waals surface area contributed by atoms with E-state index in [1.807, 2.05) is 0 Å². The lowest BCUT2D eigenvalue weighted by Gasteiger charge is -2.07. The molecule has 0 spiro atoms. The Morgan fingerprint density at radius 2 is 1.41 bits per heavy atom. The first-order valence-electron chi connectivity index (χ1n) is 7.20. The van der Waals surface area contributed by atoms with Crippen LogP contribution in [-0.4, -0.2) is 72.5 Å². The summed E-state index contributed by atoms with van der Waals surface area (Å²) in [4.78, 5) is 13.4. The van der Waals surface area contributed by atoms with Crippen LogP contribution in [0.15, 0.2) is 5.11 Å². The summed E-state index contributed by atoms with van der Waals surface area (Å²) in [7, 11) is 1.37. The van der Waals surface area contributed by atoms with Crippen LogP contribution in [0.25, 0.3) is 10.4 Å². The molecule has 9 heteroatoms. The highest BCUT2D eigenvalue weighted by Crippen LogP contribution is 1.92. The van der Waals surface area contributed by atoms with Crippen molar-refractivity contribution in [3.8, 4) is 0 Å². The van der Waals surface area contributed by atoms with Gasteiger partial charge < -0.3 is 23.7 Å². The van der Waals surface area contributed by atoms with E-state index in [4.69, 9.17) is 24.5 Å². The van der Waals surface area contributed by atoms with Gasteiger partial charge in [0.15, 0.2) is 0 Å². The molecule has 0 aromatic heterocycles. The molecule has 0 radical (unpaired) electrons. The molecule has 0 N–H and O–H groups in total. The topological polar surface area (TPSA) is 112 Å². The first kappa shape index (κ1) is 20.6. The van der Waals surface area contributed by atoms with Gasteiger partial charge >= 0.3 is 5.97 Å². The quantitative estimate of drug-likeness (QED) is 0.139.